The first kappa shape index (κ1) is 12.2. The van der Waals surface area contributed by atoms with Crippen LogP contribution in [0.5, 0.6) is 0 Å². The standard InChI is InChI=1S/C12H16N4S/c1-8-3-4-14-11(5-8)12(16-13)6-10-7-17-9(2)15-10/h3-5,7,12,16H,6,13H2,1-2H3. The smallest absolute Gasteiger partial charge is 0.0897 e. The molecule has 0 radical (unpaired) electrons. The van der Waals surface area contributed by atoms with Gasteiger partial charge in [0.15, 0.2) is 0 Å². The van der Waals surface area contributed by atoms with Crippen molar-refractivity contribution in [3.8, 4) is 0 Å². The van der Waals surface area contributed by atoms with Crippen LogP contribution in [-0.2, 0) is 6.42 Å². The van der Waals surface area contributed by atoms with Crippen molar-refractivity contribution in [1.29, 1.82) is 0 Å². The van der Waals surface area contributed by atoms with Crippen LogP contribution in [0.1, 0.15) is 28.0 Å². The first-order valence-corrected chi connectivity index (χ1v) is 6.36. The maximum atomic E-state index is 5.60. The lowest BCUT2D eigenvalue weighted by Crippen LogP contribution is -2.30. The van der Waals surface area contributed by atoms with Crippen LogP contribution in [0.25, 0.3) is 0 Å². The zero-order chi connectivity index (χ0) is 12.3. The summed E-state index contributed by atoms with van der Waals surface area (Å²) in [6, 6.07) is 4.03. The van der Waals surface area contributed by atoms with Crippen LogP contribution in [0.3, 0.4) is 0 Å². The molecule has 2 heterocycles. The van der Waals surface area contributed by atoms with E-state index in [4.69, 9.17) is 5.84 Å². The van der Waals surface area contributed by atoms with Crippen molar-refractivity contribution in [2.75, 3.05) is 0 Å². The van der Waals surface area contributed by atoms with Gasteiger partial charge in [0.25, 0.3) is 0 Å². The van der Waals surface area contributed by atoms with Gasteiger partial charge in [-0.25, -0.2) is 4.98 Å². The molecule has 1 atom stereocenters. The Balaban J connectivity index is 2.16. The predicted molar refractivity (Wildman–Crippen MR) is 69.6 cm³/mol. The summed E-state index contributed by atoms with van der Waals surface area (Å²) >= 11 is 1.66. The second kappa shape index (κ2) is 5.35. The summed E-state index contributed by atoms with van der Waals surface area (Å²) in [7, 11) is 0. The van der Waals surface area contributed by atoms with Crippen molar-refractivity contribution in [3.63, 3.8) is 0 Å². The summed E-state index contributed by atoms with van der Waals surface area (Å²) in [4.78, 5) is 8.79. The second-order valence-electron chi connectivity index (χ2n) is 4.04. The normalized spacial score (nSPS) is 12.6. The Morgan fingerprint density at radius 3 is 2.88 bits per heavy atom. The van der Waals surface area contributed by atoms with Crippen molar-refractivity contribution in [3.05, 3.63) is 45.7 Å². The van der Waals surface area contributed by atoms with Gasteiger partial charge in [-0.05, 0) is 31.5 Å². The van der Waals surface area contributed by atoms with Gasteiger partial charge in [-0.2, -0.15) is 0 Å². The number of nitrogens with two attached hydrogens (primary N) is 1. The van der Waals surface area contributed by atoms with E-state index in [1.807, 2.05) is 26.0 Å². The van der Waals surface area contributed by atoms with Crippen molar-refractivity contribution >= 4 is 11.3 Å². The van der Waals surface area contributed by atoms with Gasteiger partial charge in [-0.3, -0.25) is 16.3 Å². The molecule has 3 N–H and O–H groups in total. The molecule has 2 aromatic rings. The molecule has 0 aromatic carbocycles. The lowest BCUT2D eigenvalue weighted by molar-refractivity contribution is 0.533. The van der Waals surface area contributed by atoms with E-state index in [0.717, 1.165) is 22.8 Å². The topological polar surface area (TPSA) is 63.8 Å². The second-order valence-corrected chi connectivity index (χ2v) is 5.10. The highest BCUT2D eigenvalue weighted by Gasteiger charge is 2.13. The fourth-order valence-corrected chi connectivity index (χ4v) is 2.34. The van der Waals surface area contributed by atoms with E-state index in [1.54, 1.807) is 17.5 Å². The molecule has 90 valence electrons. The summed E-state index contributed by atoms with van der Waals surface area (Å²) in [5, 5.41) is 3.14. The van der Waals surface area contributed by atoms with E-state index in [-0.39, 0.29) is 6.04 Å². The van der Waals surface area contributed by atoms with Crippen molar-refractivity contribution in [2.45, 2.75) is 26.3 Å². The summed E-state index contributed by atoms with van der Waals surface area (Å²) in [6.45, 7) is 4.05. The van der Waals surface area contributed by atoms with Crippen LogP contribution >= 0.6 is 11.3 Å². The molecule has 5 heteroatoms. The molecule has 0 spiro atoms. The minimum absolute atomic E-state index is 0.0106. The van der Waals surface area contributed by atoms with E-state index >= 15 is 0 Å². The highest BCUT2D eigenvalue weighted by atomic mass is 32.1. The molecule has 0 fully saturated rings. The number of hydrogen-bond donors (Lipinski definition) is 2. The number of rotatable bonds is 4. The van der Waals surface area contributed by atoms with Gasteiger partial charge < -0.3 is 0 Å². The van der Waals surface area contributed by atoms with E-state index in [2.05, 4.69) is 20.8 Å². The SMILES string of the molecule is Cc1ccnc(C(Cc2csc(C)n2)NN)c1. The molecule has 0 aliphatic carbocycles. The quantitative estimate of drug-likeness (QED) is 0.641. The number of hydrazine groups is 1. The largest absolute Gasteiger partial charge is 0.271 e. The van der Waals surface area contributed by atoms with E-state index in [0.29, 0.717) is 0 Å². The van der Waals surface area contributed by atoms with Crippen molar-refractivity contribution in [2.24, 2.45) is 5.84 Å². The zero-order valence-electron chi connectivity index (χ0n) is 9.97. The molecule has 0 bridgehead atoms. The lowest BCUT2D eigenvalue weighted by Gasteiger charge is -2.14. The number of nitrogens with zero attached hydrogens (tertiary/aromatic N) is 2. The van der Waals surface area contributed by atoms with Gasteiger partial charge in [0, 0.05) is 18.0 Å². The van der Waals surface area contributed by atoms with Crippen LogP contribution in [0.15, 0.2) is 23.7 Å². The fourth-order valence-electron chi connectivity index (χ4n) is 1.71. The van der Waals surface area contributed by atoms with E-state index in [9.17, 15) is 0 Å². The van der Waals surface area contributed by atoms with Crippen LogP contribution in [0, 0.1) is 13.8 Å². The Kier molecular flexibility index (Phi) is 3.83. The van der Waals surface area contributed by atoms with Gasteiger partial charge in [0.2, 0.25) is 0 Å². The average Bonchev–Trinajstić information content (AvgIpc) is 2.72. The molecule has 1 unspecified atom stereocenters. The third-order valence-corrected chi connectivity index (χ3v) is 3.40. The maximum absolute atomic E-state index is 5.60. The van der Waals surface area contributed by atoms with Crippen LogP contribution < -0.4 is 11.3 Å². The molecule has 0 aliphatic heterocycles. The lowest BCUT2D eigenvalue weighted by atomic mass is 10.1. The average molecular weight is 248 g/mol. The number of hydrogen-bond acceptors (Lipinski definition) is 5. The minimum Gasteiger partial charge on any atom is -0.271 e. The third-order valence-electron chi connectivity index (χ3n) is 2.57. The Morgan fingerprint density at radius 1 is 1.47 bits per heavy atom. The molecule has 2 aromatic heterocycles. The molecule has 17 heavy (non-hydrogen) atoms. The predicted octanol–water partition coefficient (Wildman–Crippen LogP) is 1.90. The Hall–Kier alpha value is -1.30. The zero-order valence-corrected chi connectivity index (χ0v) is 10.8. The van der Waals surface area contributed by atoms with Crippen LogP contribution in [0.2, 0.25) is 0 Å². The molecule has 0 saturated heterocycles. The summed E-state index contributed by atoms with van der Waals surface area (Å²) in [5.41, 5.74) is 6.00. The molecule has 4 nitrogen and oxygen atoms in total. The van der Waals surface area contributed by atoms with E-state index in [1.165, 1.54) is 5.56 Å². The minimum atomic E-state index is 0.0106. The molecule has 0 amide bonds. The third kappa shape index (κ3) is 3.09. The van der Waals surface area contributed by atoms with Crippen molar-refractivity contribution < 1.29 is 0 Å². The Labute approximate surface area is 105 Å². The monoisotopic (exact) mass is 248 g/mol. The number of aromatic nitrogens is 2. The van der Waals surface area contributed by atoms with Gasteiger partial charge in [-0.1, -0.05) is 0 Å². The first-order valence-electron chi connectivity index (χ1n) is 5.48. The highest BCUT2D eigenvalue weighted by molar-refractivity contribution is 7.09. The van der Waals surface area contributed by atoms with E-state index < -0.39 is 0 Å². The van der Waals surface area contributed by atoms with Crippen LogP contribution in [-0.4, -0.2) is 9.97 Å². The summed E-state index contributed by atoms with van der Waals surface area (Å²) in [5.74, 6) is 5.60. The van der Waals surface area contributed by atoms with Crippen molar-refractivity contribution in [1.82, 2.24) is 15.4 Å². The Morgan fingerprint density at radius 2 is 2.29 bits per heavy atom. The molecular weight excluding hydrogens is 232 g/mol. The number of nitrogens with one attached hydrogen (secondary N) is 1. The summed E-state index contributed by atoms with van der Waals surface area (Å²) in [6.07, 6.45) is 2.57. The van der Waals surface area contributed by atoms with Gasteiger partial charge >= 0.3 is 0 Å². The van der Waals surface area contributed by atoms with Crippen LogP contribution in [0.4, 0.5) is 0 Å². The molecular formula is C12H16N4S. The molecule has 0 aliphatic rings. The van der Waals surface area contributed by atoms with Gasteiger partial charge in [0.1, 0.15) is 0 Å². The number of aryl methyl sites for hydroxylation is 2. The molecule has 2 rings (SSSR count). The number of pyridine rings is 1. The molecule has 0 saturated carbocycles. The fraction of sp³-hybridized carbons (Fsp3) is 0.333. The number of thiazole rings is 1. The maximum Gasteiger partial charge on any atom is 0.0897 e. The first-order chi connectivity index (χ1) is 8.19. The van der Waals surface area contributed by atoms with Gasteiger partial charge in [-0.15, -0.1) is 11.3 Å². The summed E-state index contributed by atoms with van der Waals surface area (Å²) < 4.78 is 0. The van der Waals surface area contributed by atoms with Gasteiger partial charge in [0.05, 0.1) is 22.4 Å². The Bertz CT molecular complexity index is 495. The highest BCUT2D eigenvalue weighted by Crippen LogP contribution is 2.18.